The number of nitrogens with zero attached hydrogens (tertiary/aromatic N) is 3. The number of fused-ring (bicyclic) bond motifs is 1. The van der Waals surface area contributed by atoms with Gasteiger partial charge in [-0.1, -0.05) is 29.8 Å². The lowest BCUT2D eigenvalue weighted by atomic mass is 10.1. The Morgan fingerprint density at radius 1 is 1.33 bits per heavy atom. The van der Waals surface area contributed by atoms with E-state index < -0.39 is 5.91 Å². The number of hydrogen-bond donors (Lipinski definition) is 2. The number of rotatable bonds is 7. The van der Waals surface area contributed by atoms with Crippen LogP contribution in [0.5, 0.6) is 5.75 Å². The van der Waals surface area contributed by atoms with Crippen LogP contribution in [-0.4, -0.2) is 25.6 Å². The Bertz CT molecular complexity index is 1220. The number of hydrogen-bond acceptors (Lipinski definition) is 6. The number of halogens is 1. The summed E-state index contributed by atoms with van der Waals surface area (Å²) in [6, 6.07) is 12.8. The van der Waals surface area contributed by atoms with Crippen LogP contribution in [-0.2, 0) is 17.8 Å². The van der Waals surface area contributed by atoms with Gasteiger partial charge in [-0.3, -0.25) is 4.79 Å². The first-order valence-corrected chi connectivity index (χ1v) is 10.4. The van der Waals surface area contributed by atoms with Crippen molar-refractivity contribution in [1.29, 1.82) is 0 Å². The Morgan fingerprint density at radius 2 is 2.13 bits per heavy atom. The summed E-state index contributed by atoms with van der Waals surface area (Å²) >= 11 is 7.69. The van der Waals surface area contributed by atoms with Crippen LogP contribution < -0.4 is 10.5 Å². The Labute approximate surface area is 181 Å². The monoisotopic (exact) mass is 442 g/mol. The molecule has 1 atom stereocenters. The highest BCUT2D eigenvalue weighted by Crippen LogP contribution is 2.39. The second-order valence-corrected chi connectivity index (χ2v) is 8.26. The van der Waals surface area contributed by atoms with Gasteiger partial charge in [0.1, 0.15) is 17.5 Å². The summed E-state index contributed by atoms with van der Waals surface area (Å²) in [5.74, 6) is 0.118. The standard InChI is InChI=1S/C21H19ClN4O3S/c1-12(14-4-2-3-5-15(14)22)29-17-8-18(30-19(17)9-20(23)28)16-10-24-21-7-6-13(11-27)25-26(16)21/h2-8,10,12,27H,9,11H2,1H3,(H2,23,28)/t12-/m1/s1. The summed E-state index contributed by atoms with van der Waals surface area (Å²) in [6.07, 6.45) is 1.43. The van der Waals surface area contributed by atoms with Crippen molar-refractivity contribution in [2.45, 2.75) is 26.1 Å². The van der Waals surface area contributed by atoms with Gasteiger partial charge < -0.3 is 15.6 Å². The molecular formula is C21H19ClN4O3S. The molecule has 1 amide bonds. The Balaban J connectivity index is 1.74. The fraction of sp³-hybridized carbons (Fsp3) is 0.190. The number of aliphatic hydroxyl groups is 1. The molecule has 7 nitrogen and oxygen atoms in total. The van der Waals surface area contributed by atoms with E-state index in [0.29, 0.717) is 27.0 Å². The molecule has 0 spiro atoms. The van der Waals surface area contributed by atoms with Crippen molar-refractivity contribution >= 4 is 34.5 Å². The number of nitrogens with two attached hydrogens (primary N) is 1. The average molecular weight is 443 g/mol. The van der Waals surface area contributed by atoms with Crippen LogP contribution in [0.2, 0.25) is 5.02 Å². The first-order valence-electron chi connectivity index (χ1n) is 9.23. The van der Waals surface area contributed by atoms with E-state index in [4.69, 9.17) is 22.1 Å². The topological polar surface area (TPSA) is 103 Å². The predicted octanol–water partition coefficient (Wildman–Crippen LogP) is 3.77. The van der Waals surface area contributed by atoms with Crippen LogP contribution in [0, 0.1) is 0 Å². The molecule has 4 rings (SSSR count). The number of benzene rings is 1. The number of imidazole rings is 1. The van der Waals surface area contributed by atoms with Gasteiger partial charge in [-0.15, -0.1) is 11.3 Å². The number of aromatic nitrogens is 3. The normalized spacial score (nSPS) is 12.2. The van der Waals surface area contributed by atoms with E-state index in [9.17, 15) is 9.90 Å². The minimum Gasteiger partial charge on any atom is -0.485 e. The summed E-state index contributed by atoms with van der Waals surface area (Å²) in [6.45, 7) is 1.73. The Hall–Kier alpha value is -2.94. The lowest BCUT2D eigenvalue weighted by Gasteiger charge is -2.16. The third-order valence-corrected chi connectivity index (χ3v) is 6.07. The van der Waals surface area contributed by atoms with Gasteiger partial charge in [0.15, 0.2) is 5.65 Å². The van der Waals surface area contributed by atoms with E-state index in [2.05, 4.69) is 10.1 Å². The number of carbonyl (C=O) groups excluding carboxylic acids is 1. The summed E-state index contributed by atoms with van der Waals surface area (Å²) in [4.78, 5) is 17.5. The number of amides is 1. The highest BCUT2D eigenvalue weighted by molar-refractivity contribution is 7.15. The minimum atomic E-state index is -0.447. The van der Waals surface area contributed by atoms with Gasteiger partial charge in [0.05, 0.1) is 34.7 Å². The minimum absolute atomic E-state index is 0.0568. The van der Waals surface area contributed by atoms with E-state index >= 15 is 0 Å². The van der Waals surface area contributed by atoms with Crippen LogP contribution >= 0.6 is 22.9 Å². The van der Waals surface area contributed by atoms with E-state index in [1.165, 1.54) is 11.3 Å². The molecule has 1 aromatic carbocycles. The molecule has 0 fully saturated rings. The van der Waals surface area contributed by atoms with Crippen molar-refractivity contribution < 1.29 is 14.6 Å². The maximum Gasteiger partial charge on any atom is 0.222 e. The number of thiophene rings is 1. The molecule has 0 aliphatic heterocycles. The smallest absolute Gasteiger partial charge is 0.222 e. The molecular weight excluding hydrogens is 424 g/mol. The van der Waals surface area contributed by atoms with E-state index in [1.54, 1.807) is 22.8 Å². The lowest BCUT2D eigenvalue weighted by Crippen LogP contribution is -2.13. The maximum atomic E-state index is 11.6. The Kier molecular flexibility index (Phi) is 5.72. The molecule has 0 radical (unpaired) electrons. The summed E-state index contributed by atoms with van der Waals surface area (Å²) in [5.41, 5.74) is 8.21. The summed E-state index contributed by atoms with van der Waals surface area (Å²) in [5, 5.41) is 14.4. The molecule has 0 bridgehead atoms. The largest absolute Gasteiger partial charge is 0.485 e. The number of primary amides is 1. The number of ether oxygens (including phenoxy) is 1. The zero-order valence-electron chi connectivity index (χ0n) is 16.1. The number of aliphatic hydroxyl groups excluding tert-OH is 1. The van der Waals surface area contributed by atoms with Gasteiger partial charge in [-0.05, 0) is 25.1 Å². The van der Waals surface area contributed by atoms with Crippen molar-refractivity contribution in [2.24, 2.45) is 5.73 Å². The molecule has 3 heterocycles. The van der Waals surface area contributed by atoms with Crippen LogP contribution in [0.4, 0.5) is 0 Å². The van der Waals surface area contributed by atoms with Crippen molar-refractivity contribution in [3.05, 3.63) is 69.8 Å². The van der Waals surface area contributed by atoms with E-state index in [1.807, 2.05) is 37.3 Å². The van der Waals surface area contributed by atoms with E-state index in [-0.39, 0.29) is 19.1 Å². The molecule has 9 heteroatoms. The summed E-state index contributed by atoms with van der Waals surface area (Å²) in [7, 11) is 0. The first-order chi connectivity index (χ1) is 14.5. The van der Waals surface area contributed by atoms with Crippen molar-refractivity contribution in [3.8, 4) is 16.3 Å². The molecule has 154 valence electrons. The number of carbonyl (C=O) groups is 1. The fourth-order valence-electron chi connectivity index (χ4n) is 3.14. The van der Waals surface area contributed by atoms with Crippen LogP contribution in [0.3, 0.4) is 0 Å². The predicted molar refractivity (Wildman–Crippen MR) is 116 cm³/mol. The maximum absolute atomic E-state index is 11.6. The Morgan fingerprint density at radius 3 is 2.87 bits per heavy atom. The molecule has 30 heavy (non-hydrogen) atoms. The molecule has 4 aromatic rings. The second kappa shape index (κ2) is 8.43. The zero-order valence-corrected chi connectivity index (χ0v) is 17.7. The van der Waals surface area contributed by atoms with Crippen molar-refractivity contribution in [2.75, 3.05) is 0 Å². The molecule has 3 N–H and O–H groups in total. The van der Waals surface area contributed by atoms with Gasteiger partial charge in [0.25, 0.3) is 0 Å². The van der Waals surface area contributed by atoms with Crippen molar-refractivity contribution in [3.63, 3.8) is 0 Å². The van der Waals surface area contributed by atoms with Gasteiger partial charge >= 0.3 is 0 Å². The first kappa shape index (κ1) is 20.3. The zero-order chi connectivity index (χ0) is 21.3. The molecule has 0 aliphatic carbocycles. The van der Waals surface area contributed by atoms with Gasteiger partial charge in [-0.25, -0.2) is 9.50 Å². The highest BCUT2D eigenvalue weighted by atomic mass is 35.5. The molecule has 0 aliphatic rings. The third-order valence-electron chi connectivity index (χ3n) is 4.58. The van der Waals surface area contributed by atoms with E-state index in [0.717, 1.165) is 16.1 Å². The van der Waals surface area contributed by atoms with Crippen molar-refractivity contribution in [1.82, 2.24) is 14.6 Å². The summed E-state index contributed by atoms with van der Waals surface area (Å²) < 4.78 is 7.84. The van der Waals surface area contributed by atoms with Gasteiger partial charge in [-0.2, -0.15) is 5.10 Å². The molecule has 0 unspecified atom stereocenters. The quantitative estimate of drug-likeness (QED) is 0.453. The SMILES string of the molecule is C[C@@H](Oc1cc(-c2cnc3ccc(CO)nn23)sc1CC(N)=O)c1ccccc1Cl. The average Bonchev–Trinajstić information content (AvgIpc) is 3.31. The molecule has 3 aromatic heterocycles. The highest BCUT2D eigenvalue weighted by Gasteiger charge is 2.20. The fourth-order valence-corrected chi connectivity index (χ4v) is 4.53. The van der Waals surface area contributed by atoms with Crippen LogP contribution in [0.25, 0.3) is 16.2 Å². The second-order valence-electron chi connectivity index (χ2n) is 6.72. The lowest BCUT2D eigenvalue weighted by molar-refractivity contribution is -0.117. The van der Waals surface area contributed by atoms with Crippen LogP contribution in [0.15, 0.2) is 48.7 Å². The molecule has 0 saturated carbocycles. The third kappa shape index (κ3) is 4.02. The van der Waals surface area contributed by atoms with Crippen LogP contribution in [0.1, 0.15) is 29.2 Å². The van der Waals surface area contributed by atoms with Gasteiger partial charge in [0, 0.05) is 16.7 Å². The molecule has 0 saturated heterocycles. The van der Waals surface area contributed by atoms with Gasteiger partial charge in [0.2, 0.25) is 5.91 Å².